The van der Waals surface area contributed by atoms with E-state index in [-0.39, 0.29) is 5.56 Å². The molecule has 0 saturated carbocycles. The molecule has 1 atom stereocenters. The second-order valence-corrected chi connectivity index (χ2v) is 3.25. The number of aliphatic hydroxyl groups is 1. The Bertz CT molecular complexity index is 329. The Morgan fingerprint density at radius 3 is 2.21 bits per heavy atom. The second-order valence-electron chi connectivity index (χ2n) is 3.25. The van der Waals surface area contributed by atoms with Gasteiger partial charge in [0.25, 0.3) is 0 Å². The Kier molecular flexibility index (Phi) is 2.85. The molecule has 1 nitrogen and oxygen atoms in total. The molecule has 1 aromatic carbocycles. The molecule has 4 heteroatoms. The van der Waals surface area contributed by atoms with Crippen LogP contribution in [0.15, 0.2) is 18.2 Å². The van der Waals surface area contributed by atoms with Crippen LogP contribution < -0.4 is 0 Å². The number of hydrogen-bond donors (Lipinski definition) is 1. The van der Waals surface area contributed by atoms with Gasteiger partial charge in [0.05, 0.1) is 11.7 Å². The maximum atomic E-state index is 12.3. The quantitative estimate of drug-likeness (QED) is 0.745. The minimum absolute atomic E-state index is 0.135. The summed E-state index contributed by atoms with van der Waals surface area (Å²) in [6.45, 7) is 2.90. The molecule has 0 saturated heterocycles. The van der Waals surface area contributed by atoms with Crippen LogP contribution in [0.2, 0.25) is 0 Å². The monoisotopic (exact) mass is 204 g/mol. The van der Waals surface area contributed by atoms with Gasteiger partial charge in [-0.05, 0) is 31.0 Å². The van der Waals surface area contributed by atoms with Gasteiger partial charge in [0, 0.05) is 0 Å². The molecule has 0 radical (unpaired) electrons. The van der Waals surface area contributed by atoms with E-state index in [0.29, 0.717) is 5.56 Å². The number of hydrogen-bond acceptors (Lipinski definition) is 1. The van der Waals surface area contributed by atoms with Gasteiger partial charge in [-0.15, -0.1) is 0 Å². The molecule has 0 spiro atoms. The van der Waals surface area contributed by atoms with Crippen LogP contribution in [0.3, 0.4) is 0 Å². The molecule has 78 valence electrons. The summed E-state index contributed by atoms with van der Waals surface area (Å²) in [5.41, 5.74) is -0.0201. The summed E-state index contributed by atoms with van der Waals surface area (Å²) in [6.07, 6.45) is -5.06. The van der Waals surface area contributed by atoms with Gasteiger partial charge in [-0.1, -0.05) is 12.1 Å². The van der Waals surface area contributed by atoms with E-state index in [4.69, 9.17) is 5.11 Å². The van der Waals surface area contributed by atoms with E-state index >= 15 is 0 Å². The molecule has 1 unspecified atom stereocenters. The van der Waals surface area contributed by atoms with Crippen LogP contribution in [0, 0.1) is 6.92 Å². The molecule has 14 heavy (non-hydrogen) atoms. The van der Waals surface area contributed by atoms with Crippen LogP contribution in [0.5, 0.6) is 0 Å². The minimum atomic E-state index is -4.32. The summed E-state index contributed by atoms with van der Waals surface area (Å²) < 4.78 is 37.0. The average molecular weight is 204 g/mol. The van der Waals surface area contributed by atoms with E-state index in [0.717, 1.165) is 6.07 Å². The topological polar surface area (TPSA) is 20.2 Å². The number of benzene rings is 1. The molecule has 0 aromatic heterocycles. The van der Waals surface area contributed by atoms with Crippen molar-refractivity contribution in [1.29, 1.82) is 0 Å². The third kappa shape index (κ3) is 2.26. The molecule has 1 aromatic rings. The van der Waals surface area contributed by atoms with E-state index in [2.05, 4.69) is 0 Å². The number of aryl methyl sites for hydroxylation is 1. The number of halogens is 3. The molecule has 0 aliphatic heterocycles. The van der Waals surface area contributed by atoms with E-state index in [1.165, 1.54) is 26.0 Å². The SMILES string of the molecule is Cc1cc(C(C)O)ccc1C(F)(F)F. The fourth-order valence-corrected chi connectivity index (χ4v) is 1.26. The van der Waals surface area contributed by atoms with Crippen molar-refractivity contribution in [2.45, 2.75) is 26.1 Å². The van der Waals surface area contributed by atoms with Gasteiger partial charge in [-0.25, -0.2) is 0 Å². The lowest BCUT2D eigenvalue weighted by Crippen LogP contribution is -2.08. The van der Waals surface area contributed by atoms with Gasteiger partial charge < -0.3 is 5.11 Å². The van der Waals surface area contributed by atoms with Crippen molar-refractivity contribution in [2.75, 3.05) is 0 Å². The second kappa shape index (κ2) is 3.61. The minimum Gasteiger partial charge on any atom is -0.389 e. The fourth-order valence-electron chi connectivity index (χ4n) is 1.26. The standard InChI is InChI=1S/C10H11F3O/c1-6-5-8(7(2)14)3-4-9(6)10(11,12)13/h3-5,7,14H,1-2H3. The Hall–Kier alpha value is -1.03. The molecular formula is C10H11F3O. The largest absolute Gasteiger partial charge is 0.416 e. The van der Waals surface area contributed by atoms with Gasteiger partial charge in [-0.2, -0.15) is 13.2 Å². The molecule has 0 aliphatic carbocycles. The Balaban J connectivity index is 3.15. The zero-order valence-corrected chi connectivity index (χ0v) is 7.89. The first-order valence-electron chi connectivity index (χ1n) is 4.18. The van der Waals surface area contributed by atoms with Crippen LogP contribution in [0.1, 0.15) is 29.7 Å². The van der Waals surface area contributed by atoms with Crippen LogP contribution in [0.4, 0.5) is 13.2 Å². The molecule has 0 amide bonds. The van der Waals surface area contributed by atoms with Crippen molar-refractivity contribution in [3.8, 4) is 0 Å². The predicted octanol–water partition coefficient (Wildman–Crippen LogP) is 3.07. The third-order valence-electron chi connectivity index (χ3n) is 2.04. The highest BCUT2D eigenvalue weighted by molar-refractivity contribution is 5.33. The number of alkyl halides is 3. The van der Waals surface area contributed by atoms with E-state index in [1.54, 1.807) is 0 Å². The smallest absolute Gasteiger partial charge is 0.389 e. The van der Waals surface area contributed by atoms with Crippen molar-refractivity contribution in [3.63, 3.8) is 0 Å². The zero-order valence-electron chi connectivity index (χ0n) is 7.89. The maximum Gasteiger partial charge on any atom is 0.416 e. The summed E-state index contributed by atoms with van der Waals surface area (Å²) in [4.78, 5) is 0. The highest BCUT2D eigenvalue weighted by atomic mass is 19.4. The number of aliphatic hydroxyl groups excluding tert-OH is 1. The van der Waals surface area contributed by atoms with Gasteiger partial charge in [0.1, 0.15) is 0 Å². The van der Waals surface area contributed by atoms with Crippen molar-refractivity contribution >= 4 is 0 Å². The van der Waals surface area contributed by atoms with Gasteiger partial charge in [-0.3, -0.25) is 0 Å². The highest BCUT2D eigenvalue weighted by Crippen LogP contribution is 2.32. The summed E-state index contributed by atoms with van der Waals surface area (Å²) >= 11 is 0. The molecule has 0 bridgehead atoms. The summed E-state index contributed by atoms with van der Waals surface area (Å²) in [6, 6.07) is 3.64. The Labute approximate surface area is 80.2 Å². The molecule has 0 heterocycles. The van der Waals surface area contributed by atoms with Crippen LogP contribution in [0.25, 0.3) is 0 Å². The van der Waals surface area contributed by atoms with Crippen LogP contribution >= 0.6 is 0 Å². The van der Waals surface area contributed by atoms with Crippen molar-refractivity contribution in [1.82, 2.24) is 0 Å². The first kappa shape index (κ1) is 11.0. The normalized spacial score (nSPS) is 14.1. The van der Waals surface area contributed by atoms with Crippen LogP contribution in [-0.2, 0) is 6.18 Å². The summed E-state index contributed by atoms with van der Waals surface area (Å²) in [5.74, 6) is 0. The van der Waals surface area contributed by atoms with E-state index < -0.39 is 17.8 Å². The fraction of sp³-hybridized carbons (Fsp3) is 0.400. The maximum absolute atomic E-state index is 12.3. The Morgan fingerprint density at radius 1 is 1.29 bits per heavy atom. The van der Waals surface area contributed by atoms with Gasteiger partial charge in [0.15, 0.2) is 0 Å². The third-order valence-corrected chi connectivity index (χ3v) is 2.04. The summed E-state index contributed by atoms with van der Waals surface area (Å²) in [5, 5.41) is 9.16. The number of rotatable bonds is 1. The lowest BCUT2D eigenvalue weighted by molar-refractivity contribution is -0.138. The van der Waals surface area contributed by atoms with E-state index in [9.17, 15) is 13.2 Å². The zero-order chi connectivity index (χ0) is 10.9. The van der Waals surface area contributed by atoms with Gasteiger partial charge in [0.2, 0.25) is 0 Å². The molecule has 0 fully saturated rings. The van der Waals surface area contributed by atoms with Crippen molar-refractivity contribution < 1.29 is 18.3 Å². The predicted molar refractivity (Wildman–Crippen MR) is 46.8 cm³/mol. The highest BCUT2D eigenvalue weighted by Gasteiger charge is 2.32. The lowest BCUT2D eigenvalue weighted by Gasteiger charge is -2.12. The Morgan fingerprint density at radius 2 is 1.86 bits per heavy atom. The molecule has 0 aliphatic rings. The lowest BCUT2D eigenvalue weighted by atomic mass is 10.0. The van der Waals surface area contributed by atoms with Gasteiger partial charge >= 0.3 is 6.18 Å². The van der Waals surface area contributed by atoms with Crippen molar-refractivity contribution in [2.24, 2.45) is 0 Å². The molecule has 1 rings (SSSR count). The van der Waals surface area contributed by atoms with Crippen molar-refractivity contribution in [3.05, 3.63) is 34.9 Å². The van der Waals surface area contributed by atoms with Crippen LogP contribution in [-0.4, -0.2) is 5.11 Å². The molecular weight excluding hydrogens is 193 g/mol. The van der Waals surface area contributed by atoms with E-state index in [1.807, 2.05) is 0 Å². The molecule has 1 N–H and O–H groups in total. The first-order valence-corrected chi connectivity index (χ1v) is 4.18. The average Bonchev–Trinajstić information content (AvgIpc) is 2.01. The summed E-state index contributed by atoms with van der Waals surface area (Å²) in [7, 11) is 0. The first-order chi connectivity index (χ1) is 6.32.